The number of hydrogen-bond donors (Lipinski definition) is 0. The SMILES string of the molecule is CC(C)c1cc(CCCCN2CCN(c3cccc(C(F)(F)F)c3)CC2)n(-c2ccccc2)n1. The highest BCUT2D eigenvalue weighted by molar-refractivity contribution is 5.49. The van der Waals surface area contributed by atoms with Crippen molar-refractivity contribution >= 4 is 5.69 Å². The van der Waals surface area contributed by atoms with Gasteiger partial charge in [-0.3, -0.25) is 4.90 Å². The molecule has 0 N–H and O–H groups in total. The number of aromatic nitrogens is 2. The predicted molar refractivity (Wildman–Crippen MR) is 131 cm³/mol. The minimum Gasteiger partial charge on any atom is -0.369 e. The number of para-hydroxylation sites is 1. The molecule has 0 atom stereocenters. The number of nitrogens with zero attached hydrogens (tertiary/aromatic N) is 4. The maximum Gasteiger partial charge on any atom is 0.416 e. The first-order valence-electron chi connectivity index (χ1n) is 12.1. The third-order valence-corrected chi connectivity index (χ3v) is 6.46. The van der Waals surface area contributed by atoms with E-state index >= 15 is 0 Å². The number of halogens is 3. The smallest absolute Gasteiger partial charge is 0.369 e. The van der Waals surface area contributed by atoms with Crippen molar-refractivity contribution < 1.29 is 13.2 Å². The van der Waals surface area contributed by atoms with Crippen LogP contribution >= 0.6 is 0 Å². The zero-order valence-electron chi connectivity index (χ0n) is 19.9. The van der Waals surface area contributed by atoms with Gasteiger partial charge in [0, 0.05) is 37.6 Å². The van der Waals surface area contributed by atoms with Crippen molar-refractivity contribution in [3.63, 3.8) is 0 Å². The molecule has 1 saturated heterocycles. The first-order chi connectivity index (χ1) is 16.3. The van der Waals surface area contributed by atoms with Crippen LogP contribution in [-0.2, 0) is 12.6 Å². The highest BCUT2D eigenvalue weighted by atomic mass is 19.4. The Labute approximate surface area is 200 Å². The molecular weight excluding hydrogens is 437 g/mol. The summed E-state index contributed by atoms with van der Waals surface area (Å²) in [5.41, 5.74) is 3.52. The Morgan fingerprint density at radius 1 is 0.853 bits per heavy atom. The quantitative estimate of drug-likeness (QED) is 0.369. The predicted octanol–water partition coefficient (Wildman–Crippen LogP) is 6.16. The van der Waals surface area contributed by atoms with Crippen molar-refractivity contribution in [1.82, 2.24) is 14.7 Å². The van der Waals surface area contributed by atoms with E-state index in [9.17, 15) is 13.2 Å². The number of piperazine rings is 1. The molecular formula is C27H33F3N4. The summed E-state index contributed by atoms with van der Waals surface area (Å²) in [6.07, 6.45) is -1.17. The summed E-state index contributed by atoms with van der Waals surface area (Å²) in [7, 11) is 0. The molecule has 1 fully saturated rings. The number of aryl methyl sites for hydroxylation is 1. The van der Waals surface area contributed by atoms with E-state index in [0.717, 1.165) is 69.4 Å². The average Bonchev–Trinajstić information content (AvgIpc) is 3.27. The lowest BCUT2D eigenvalue weighted by atomic mass is 10.1. The van der Waals surface area contributed by atoms with Crippen LogP contribution < -0.4 is 4.90 Å². The summed E-state index contributed by atoms with van der Waals surface area (Å²) in [6.45, 7) is 8.58. The van der Waals surface area contributed by atoms with Gasteiger partial charge in [0.05, 0.1) is 16.9 Å². The first-order valence-corrected chi connectivity index (χ1v) is 12.1. The molecule has 0 spiro atoms. The molecule has 4 nitrogen and oxygen atoms in total. The second kappa shape index (κ2) is 10.6. The highest BCUT2D eigenvalue weighted by Crippen LogP contribution is 2.32. The Hall–Kier alpha value is -2.80. The molecule has 0 radical (unpaired) electrons. The summed E-state index contributed by atoms with van der Waals surface area (Å²) >= 11 is 0. The molecule has 2 heterocycles. The Morgan fingerprint density at radius 2 is 1.56 bits per heavy atom. The molecule has 2 aromatic carbocycles. The van der Waals surface area contributed by atoms with Gasteiger partial charge >= 0.3 is 6.18 Å². The monoisotopic (exact) mass is 470 g/mol. The lowest BCUT2D eigenvalue weighted by Gasteiger charge is -2.36. The Morgan fingerprint density at radius 3 is 2.24 bits per heavy atom. The van der Waals surface area contributed by atoms with Crippen molar-refractivity contribution in [2.24, 2.45) is 0 Å². The molecule has 7 heteroatoms. The largest absolute Gasteiger partial charge is 0.416 e. The molecule has 182 valence electrons. The summed E-state index contributed by atoms with van der Waals surface area (Å²) in [5.74, 6) is 0.386. The van der Waals surface area contributed by atoms with E-state index in [2.05, 4.69) is 46.5 Å². The topological polar surface area (TPSA) is 24.3 Å². The van der Waals surface area contributed by atoms with E-state index in [1.165, 1.54) is 17.8 Å². The Balaban J connectivity index is 1.27. The number of anilines is 1. The zero-order valence-corrected chi connectivity index (χ0v) is 19.9. The Bertz CT molecular complexity index is 1050. The number of rotatable bonds is 8. The van der Waals surface area contributed by atoms with Gasteiger partial charge in [-0.25, -0.2) is 4.68 Å². The van der Waals surface area contributed by atoms with E-state index in [0.29, 0.717) is 11.6 Å². The van der Waals surface area contributed by atoms with E-state index in [1.54, 1.807) is 6.07 Å². The summed E-state index contributed by atoms with van der Waals surface area (Å²) in [6, 6.07) is 18.2. The van der Waals surface area contributed by atoms with Gasteiger partial charge in [-0.05, 0) is 68.1 Å². The van der Waals surface area contributed by atoms with E-state index < -0.39 is 11.7 Å². The van der Waals surface area contributed by atoms with Crippen molar-refractivity contribution in [3.8, 4) is 5.69 Å². The lowest BCUT2D eigenvalue weighted by Crippen LogP contribution is -2.46. The van der Waals surface area contributed by atoms with Gasteiger partial charge in [-0.2, -0.15) is 18.3 Å². The van der Waals surface area contributed by atoms with Crippen LogP contribution in [0.25, 0.3) is 5.69 Å². The van der Waals surface area contributed by atoms with Gasteiger partial charge in [0.25, 0.3) is 0 Å². The fraction of sp³-hybridized carbons (Fsp3) is 0.444. The van der Waals surface area contributed by atoms with Crippen LogP contribution in [0.4, 0.5) is 18.9 Å². The molecule has 1 aromatic heterocycles. The minimum atomic E-state index is -4.30. The van der Waals surface area contributed by atoms with Gasteiger partial charge in [0.1, 0.15) is 0 Å². The second-order valence-electron chi connectivity index (χ2n) is 9.30. The van der Waals surface area contributed by atoms with Crippen LogP contribution in [0.5, 0.6) is 0 Å². The van der Waals surface area contributed by atoms with Gasteiger partial charge in [-0.1, -0.05) is 38.1 Å². The lowest BCUT2D eigenvalue weighted by molar-refractivity contribution is -0.137. The van der Waals surface area contributed by atoms with Crippen molar-refractivity contribution in [2.75, 3.05) is 37.6 Å². The molecule has 34 heavy (non-hydrogen) atoms. The number of benzene rings is 2. The highest BCUT2D eigenvalue weighted by Gasteiger charge is 2.31. The van der Waals surface area contributed by atoms with Crippen LogP contribution in [0.1, 0.15) is 49.6 Å². The van der Waals surface area contributed by atoms with Crippen LogP contribution in [0.15, 0.2) is 60.7 Å². The van der Waals surface area contributed by atoms with Crippen LogP contribution in [0.3, 0.4) is 0 Å². The van der Waals surface area contributed by atoms with Gasteiger partial charge < -0.3 is 4.90 Å². The number of hydrogen-bond acceptors (Lipinski definition) is 3. The summed E-state index contributed by atoms with van der Waals surface area (Å²) in [5, 5.41) is 4.84. The minimum absolute atomic E-state index is 0.386. The molecule has 3 aromatic rings. The molecule has 0 bridgehead atoms. The third kappa shape index (κ3) is 6.00. The van der Waals surface area contributed by atoms with E-state index in [4.69, 9.17) is 5.10 Å². The van der Waals surface area contributed by atoms with Gasteiger partial charge in [0.2, 0.25) is 0 Å². The maximum absolute atomic E-state index is 13.0. The van der Waals surface area contributed by atoms with Gasteiger partial charge in [-0.15, -0.1) is 0 Å². The van der Waals surface area contributed by atoms with Crippen LogP contribution in [-0.4, -0.2) is 47.4 Å². The molecule has 4 rings (SSSR count). The van der Waals surface area contributed by atoms with E-state index in [1.807, 2.05) is 18.2 Å². The van der Waals surface area contributed by atoms with Crippen LogP contribution in [0, 0.1) is 0 Å². The second-order valence-corrected chi connectivity index (χ2v) is 9.30. The van der Waals surface area contributed by atoms with Crippen molar-refractivity contribution in [3.05, 3.63) is 77.6 Å². The Kier molecular flexibility index (Phi) is 7.61. The average molecular weight is 471 g/mol. The zero-order chi connectivity index (χ0) is 24.1. The maximum atomic E-state index is 13.0. The first kappa shape index (κ1) is 24.3. The van der Waals surface area contributed by atoms with Crippen molar-refractivity contribution in [2.45, 2.75) is 45.2 Å². The molecule has 0 aliphatic carbocycles. The molecule has 1 aliphatic rings. The van der Waals surface area contributed by atoms with Gasteiger partial charge in [0.15, 0.2) is 0 Å². The fourth-order valence-corrected chi connectivity index (χ4v) is 4.44. The number of alkyl halides is 3. The fourth-order valence-electron chi connectivity index (χ4n) is 4.44. The van der Waals surface area contributed by atoms with Crippen molar-refractivity contribution in [1.29, 1.82) is 0 Å². The normalized spacial score (nSPS) is 15.3. The standard InChI is InChI=1S/C27H33F3N4/c1-21(2)26-20-25(34(31-26)23-10-4-3-5-11-23)12-6-7-14-32-15-17-33(18-16-32)24-13-8-9-22(19-24)27(28,29)30/h3-5,8-11,13,19-21H,6-7,12,14-18H2,1-2H3. The molecule has 0 unspecified atom stereocenters. The summed E-state index contributed by atoms with van der Waals surface area (Å²) < 4.78 is 41.1. The molecule has 0 saturated carbocycles. The van der Waals surface area contributed by atoms with Crippen LogP contribution in [0.2, 0.25) is 0 Å². The third-order valence-electron chi connectivity index (χ3n) is 6.46. The molecule has 1 aliphatic heterocycles. The molecule has 0 amide bonds. The summed E-state index contributed by atoms with van der Waals surface area (Å²) in [4.78, 5) is 4.47. The number of unbranched alkanes of at least 4 members (excludes halogenated alkanes) is 1. The van der Waals surface area contributed by atoms with E-state index in [-0.39, 0.29) is 0 Å².